The van der Waals surface area contributed by atoms with E-state index in [9.17, 15) is 14.4 Å². The van der Waals surface area contributed by atoms with E-state index in [1.165, 1.54) is 22.7 Å². The van der Waals surface area contributed by atoms with E-state index in [0.29, 0.717) is 34.2 Å². The smallest absolute Gasteiger partial charge is 0.265 e. The van der Waals surface area contributed by atoms with Gasteiger partial charge < -0.3 is 15.5 Å². The van der Waals surface area contributed by atoms with Gasteiger partial charge in [-0.05, 0) is 48.6 Å². The molecule has 148 valence electrons. The zero-order valence-corrected chi connectivity index (χ0v) is 17.0. The van der Waals surface area contributed by atoms with Gasteiger partial charge in [-0.25, -0.2) is 4.98 Å². The van der Waals surface area contributed by atoms with Crippen LogP contribution in [-0.2, 0) is 4.79 Å². The molecule has 0 aliphatic carbocycles. The zero-order valence-electron chi connectivity index (χ0n) is 15.3. The Bertz CT molecular complexity index is 1000. The highest BCUT2D eigenvalue weighted by Gasteiger charge is 2.34. The maximum Gasteiger partial charge on any atom is 0.265 e. The van der Waals surface area contributed by atoms with Crippen molar-refractivity contribution in [1.82, 2.24) is 9.88 Å². The summed E-state index contributed by atoms with van der Waals surface area (Å²) in [5.74, 6) is -0.596. The van der Waals surface area contributed by atoms with E-state index < -0.39 is 6.04 Å². The zero-order chi connectivity index (χ0) is 20.2. The summed E-state index contributed by atoms with van der Waals surface area (Å²) in [7, 11) is 0. The quantitative estimate of drug-likeness (QED) is 0.651. The molecule has 1 atom stereocenters. The van der Waals surface area contributed by atoms with Crippen LogP contribution in [0.2, 0.25) is 0 Å². The predicted molar refractivity (Wildman–Crippen MR) is 114 cm³/mol. The molecule has 7 nitrogen and oxygen atoms in total. The van der Waals surface area contributed by atoms with Crippen molar-refractivity contribution in [2.75, 3.05) is 17.2 Å². The number of likely N-dealkylation sites (tertiary alicyclic amines) is 1. The van der Waals surface area contributed by atoms with E-state index >= 15 is 0 Å². The molecule has 29 heavy (non-hydrogen) atoms. The molecule has 1 aliphatic rings. The fourth-order valence-corrected chi connectivity index (χ4v) is 4.37. The third-order valence-corrected chi connectivity index (χ3v) is 6.17. The van der Waals surface area contributed by atoms with Gasteiger partial charge in [0.15, 0.2) is 5.13 Å². The average molecular weight is 427 g/mol. The number of thiazole rings is 1. The minimum absolute atomic E-state index is 0.183. The van der Waals surface area contributed by atoms with Gasteiger partial charge in [-0.1, -0.05) is 6.07 Å². The van der Waals surface area contributed by atoms with Crippen LogP contribution < -0.4 is 10.6 Å². The first-order valence-corrected chi connectivity index (χ1v) is 10.8. The summed E-state index contributed by atoms with van der Waals surface area (Å²) in [4.78, 5) is 43.9. The second kappa shape index (κ2) is 8.54. The van der Waals surface area contributed by atoms with Gasteiger partial charge in [-0.3, -0.25) is 14.4 Å². The Kier molecular flexibility index (Phi) is 5.68. The summed E-state index contributed by atoms with van der Waals surface area (Å²) < 4.78 is 0. The summed E-state index contributed by atoms with van der Waals surface area (Å²) in [6.07, 6.45) is 3.02. The number of aromatic nitrogens is 1. The Morgan fingerprint density at radius 3 is 2.55 bits per heavy atom. The minimum atomic E-state index is -0.510. The number of amides is 3. The molecular formula is C20H18N4O3S2. The number of nitrogens with zero attached hydrogens (tertiary/aromatic N) is 2. The van der Waals surface area contributed by atoms with Gasteiger partial charge in [0.25, 0.3) is 11.8 Å². The molecule has 2 aromatic heterocycles. The number of hydrogen-bond acceptors (Lipinski definition) is 6. The SMILES string of the molecule is O=C(Nc1ccc(C(=O)N2CCCC2C(=O)Nc2nccs2)cc1)c1cccs1. The van der Waals surface area contributed by atoms with E-state index in [0.717, 1.165) is 6.42 Å². The van der Waals surface area contributed by atoms with Crippen LogP contribution in [-0.4, -0.2) is 40.2 Å². The highest BCUT2D eigenvalue weighted by Crippen LogP contribution is 2.23. The highest BCUT2D eigenvalue weighted by molar-refractivity contribution is 7.13. The number of anilines is 2. The van der Waals surface area contributed by atoms with Crippen LogP contribution >= 0.6 is 22.7 Å². The Labute approximate surface area is 175 Å². The van der Waals surface area contributed by atoms with Crippen LogP contribution in [0, 0.1) is 0 Å². The molecule has 9 heteroatoms. The van der Waals surface area contributed by atoms with Crippen molar-refractivity contribution in [3.63, 3.8) is 0 Å². The molecule has 0 saturated carbocycles. The molecule has 0 radical (unpaired) electrons. The van der Waals surface area contributed by atoms with Crippen LogP contribution in [0.3, 0.4) is 0 Å². The standard InChI is InChI=1S/C20H18N4O3S2/c25-17(23-20-21-9-12-29-20)15-3-1-10-24(15)19(27)13-5-7-14(8-6-13)22-18(26)16-4-2-11-28-16/h2,4-9,11-12,15H,1,3,10H2,(H,22,26)(H,21,23,25). The molecule has 0 spiro atoms. The second-order valence-electron chi connectivity index (χ2n) is 6.49. The predicted octanol–water partition coefficient (Wildman–Crippen LogP) is 3.70. The molecule has 0 bridgehead atoms. The largest absolute Gasteiger partial charge is 0.327 e. The molecule has 1 unspecified atom stereocenters. The van der Waals surface area contributed by atoms with Crippen LogP contribution in [0.25, 0.3) is 0 Å². The summed E-state index contributed by atoms with van der Waals surface area (Å²) >= 11 is 2.71. The van der Waals surface area contributed by atoms with Crippen LogP contribution in [0.15, 0.2) is 53.4 Å². The van der Waals surface area contributed by atoms with Crippen molar-refractivity contribution in [3.8, 4) is 0 Å². The van der Waals surface area contributed by atoms with E-state index in [2.05, 4.69) is 15.6 Å². The average Bonchev–Trinajstić information content (AvgIpc) is 3.50. The Morgan fingerprint density at radius 2 is 1.86 bits per heavy atom. The monoisotopic (exact) mass is 426 g/mol. The molecule has 2 N–H and O–H groups in total. The summed E-state index contributed by atoms with van der Waals surface area (Å²) in [6.45, 7) is 0.533. The number of carbonyl (C=O) groups is 3. The fourth-order valence-electron chi connectivity index (χ4n) is 3.22. The van der Waals surface area contributed by atoms with Crippen molar-refractivity contribution in [2.45, 2.75) is 18.9 Å². The van der Waals surface area contributed by atoms with E-state index in [-0.39, 0.29) is 17.7 Å². The first-order valence-electron chi connectivity index (χ1n) is 9.08. The lowest BCUT2D eigenvalue weighted by Crippen LogP contribution is -2.43. The number of rotatable bonds is 5. The summed E-state index contributed by atoms with van der Waals surface area (Å²) in [5.41, 5.74) is 1.09. The van der Waals surface area contributed by atoms with Crippen molar-refractivity contribution in [2.24, 2.45) is 0 Å². The van der Waals surface area contributed by atoms with Crippen LogP contribution in [0.5, 0.6) is 0 Å². The first kappa shape index (κ1) is 19.3. The van der Waals surface area contributed by atoms with Gasteiger partial charge in [0.1, 0.15) is 6.04 Å². The minimum Gasteiger partial charge on any atom is -0.327 e. The normalized spacial score (nSPS) is 15.9. The second-order valence-corrected chi connectivity index (χ2v) is 8.33. The molecular weight excluding hydrogens is 408 g/mol. The molecule has 1 fully saturated rings. The van der Waals surface area contributed by atoms with E-state index in [4.69, 9.17) is 0 Å². The fraction of sp³-hybridized carbons (Fsp3) is 0.200. The lowest BCUT2D eigenvalue weighted by Gasteiger charge is -2.23. The highest BCUT2D eigenvalue weighted by atomic mass is 32.1. The van der Waals surface area contributed by atoms with Crippen molar-refractivity contribution in [1.29, 1.82) is 0 Å². The maximum absolute atomic E-state index is 12.9. The number of carbonyl (C=O) groups excluding carboxylic acids is 3. The Morgan fingerprint density at radius 1 is 1.03 bits per heavy atom. The van der Waals surface area contributed by atoms with Gasteiger partial charge in [0.05, 0.1) is 4.88 Å². The number of thiophene rings is 1. The number of hydrogen-bond donors (Lipinski definition) is 2. The molecule has 4 rings (SSSR count). The van der Waals surface area contributed by atoms with Gasteiger partial charge in [-0.15, -0.1) is 22.7 Å². The lowest BCUT2D eigenvalue weighted by atomic mass is 10.1. The third-order valence-electron chi connectivity index (χ3n) is 4.61. The van der Waals surface area contributed by atoms with Gasteiger partial charge in [0, 0.05) is 29.4 Å². The molecule has 3 heterocycles. The third kappa shape index (κ3) is 4.36. The Balaban J connectivity index is 1.41. The summed E-state index contributed by atoms with van der Waals surface area (Å²) in [6, 6.07) is 9.78. The van der Waals surface area contributed by atoms with Crippen molar-refractivity contribution in [3.05, 3.63) is 63.8 Å². The molecule has 3 amide bonds. The number of nitrogens with one attached hydrogen (secondary N) is 2. The van der Waals surface area contributed by atoms with E-state index in [1.807, 2.05) is 11.4 Å². The molecule has 1 aromatic carbocycles. The van der Waals surface area contributed by atoms with Gasteiger partial charge >= 0.3 is 0 Å². The first-order chi connectivity index (χ1) is 14.1. The van der Waals surface area contributed by atoms with Crippen LogP contribution in [0.1, 0.15) is 32.9 Å². The molecule has 1 saturated heterocycles. The van der Waals surface area contributed by atoms with Crippen molar-refractivity contribution < 1.29 is 14.4 Å². The lowest BCUT2D eigenvalue weighted by molar-refractivity contribution is -0.119. The topological polar surface area (TPSA) is 91.4 Å². The van der Waals surface area contributed by atoms with Gasteiger partial charge in [-0.2, -0.15) is 0 Å². The van der Waals surface area contributed by atoms with Crippen molar-refractivity contribution >= 4 is 51.2 Å². The van der Waals surface area contributed by atoms with Gasteiger partial charge in [0.2, 0.25) is 5.91 Å². The Hall–Kier alpha value is -3.04. The molecule has 3 aromatic rings. The molecule has 1 aliphatic heterocycles. The van der Waals surface area contributed by atoms with E-state index in [1.54, 1.807) is 46.8 Å². The summed E-state index contributed by atoms with van der Waals surface area (Å²) in [5, 5.41) is 9.73. The van der Waals surface area contributed by atoms with Crippen LogP contribution in [0.4, 0.5) is 10.8 Å². The maximum atomic E-state index is 12.9. The number of benzene rings is 1.